The van der Waals surface area contributed by atoms with Crippen LogP contribution in [0.15, 0.2) is 11.8 Å². The minimum atomic E-state index is -1.72. The molecule has 4 saturated carbocycles. The van der Waals surface area contributed by atoms with Crippen LogP contribution in [0.25, 0.3) is 0 Å². The summed E-state index contributed by atoms with van der Waals surface area (Å²) in [6.07, 6.45) is -19.6. The first kappa shape index (κ1) is 56.4. The molecule has 420 valence electrons. The van der Waals surface area contributed by atoms with Gasteiger partial charge in [-0.1, -0.05) is 20.8 Å². The van der Waals surface area contributed by atoms with E-state index in [2.05, 4.69) is 13.8 Å². The molecule has 0 aromatic rings. The molecule has 0 amide bonds. The van der Waals surface area contributed by atoms with Crippen LogP contribution in [-0.2, 0) is 42.6 Å². The summed E-state index contributed by atoms with van der Waals surface area (Å²) in [5.74, 6) is 1.79. The van der Waals surface area contributed by atoms with Crippen molar-refractivity contribution in [1.29, 1.82) is 0 Å². The average Bonchev–Trinajstić information content (AvgIpc) is 3.81. The van der Waals surface area contributed by atoms with Crippen LogP contribution in [0.1, 0.15) is 99.3 Å². The van der Waals surface area contributed by atoms with Crippen LogP contribution in [0.2, 0.25) is 0 Å². The Morgan fingerprint density at radius 3 is 1.86 bits per heavy atom. The molecule has 0 bridgehead atoms. The van der Waals surface area contributed by atoms with Crippen LogP contribution < -0.4 is 0 Å². The summed E-state index contributed by atoms with van der Waals surface area (Å²) in [5.41, 5.74) is -1.40. The van der Waals surface area contributed by atoms with Gasteiger partial charge in [0.05, 0.1) is 38.1 Å². The average molecular weight is 1050 g/mol. The van der Waals surface area contributed by atoms with E-state index in [9.17, 15) is 66.4 Å². The quantitative estimate of drug-likeness (QED) is 0.0889. The van der Waals surface area contributed by atoms with Gasteiger partial charge in [0.2, 0.25) is 0 Å². The minimum absolute atomic E-state index is 0.0251. The summed E-state index contributed by atoms with van der Waals surface area (Å²) in [6, 6.07) is 0. The Morgan fingerprint density at radius 2 is 1.19 bits per heavy atom. The fourth-order valence-corrected chi connectivity index (χ4v) is 15.1. The Balaban J connectivity index is 0.837. The van der Waals surface area contributed by atoms with Crippen LogP contribution in [-0.4, -0.2) is 227 Å². The van der Waals surface area contributed by atoms with Gasteiger partial charge in [-0.15, -0.1) is 0 Å². The standard InChI is InChI=1S/C51H84O22/c1-20(18-65-46-41(62)38(59)34(55)29(17-52)71-46)7-10-31-51(6,64)44-28(70-31)16-27-25-9-8-23-15-24(11-13-49(23,4)26(25)12-14-50(27,44)5)69-48-43(73-47-42(63)37(58)33(54)22(3)68-47)39(60)35(56)30(72-48)19-66-45-40(61)36(57)32(53)21(2)67-45/h10,20-30,32-48,52-64H,7-9,11-19H2,1-6H3/b31-10-/t20-,21-,22-,23-,24-,25+,26-,27-,28-,29+,30+,32-,33-,34+,35+,36+,37+,38-,39-,40+,41+,42+,43+,44-,45+,46+,47-,48+,49-,50-,51+/m0/s1. The van der Waals surface area contributed by atoms with Crippen LogP contribution in [0.5, 0.6) is 0 Å². The Morgan fingerprint density at radius 1 is 0.603 bits per heavy atom. The molecule has 9 rings (SSSR count). The van der Waals surface area contributed by atoms with E-state index in [1.165, 1.54) is 13.8 Å². The van der Waals surface area contributed by atoms with Crippen LogP contribution in [0.3, 0.4) is 0 Å². The molecule has 5 aliphatic heterocycles. The summed E-state index contributed by atoms with van der Waals surface area (Å²) in [4.78, 5) is 0. The zero-order valence-corrected chi connectivity index (χ0v) is 42.7. The molecule has 31 atom stereocenters. The summed E-state index contributed by atoms with van der Waals surface area (Å²) in [6.45, 7) is 10.7. The smallest absolute Gasteiger partial charge is 0.187 e. The molecule has 0 aromatic carbocycles. The van der Waals surface area contributed by atoms with Crippen LogP contribution in [0.4, 0.5) is 0 Å². The fourth-order valence-electron chi connectivity index (χ4n) is 15.1. The molecule has 22 nitrogen and oxygen atoms in total. The first-order valence-corrected chi connectivity index (χ1v) is 26.8. The molecular formula is C51H84O22. The highest BCUT2D eigenvalue weighted by Gasteiger charge is 2.69. The molecule has 4 aliphatic carbocycles. The number of rotatable bonds is 13. The third-order valence-corrected chi connectivity index (χ3v) is 19.4. The Bertz CT molecular complexity index is 1890. The molecule has 9 fully saturated rings. The molecule has 0 radical (unpaired) electrons. The predicted octanol–water partition coefficient (Wildman–Crippen LogP) is -1.98. The van der Waals surface area contributed by atoms with Gasteiger partial charge in [0.25, 0.3) is 0 Å². The molecule has 22 heteroatoms. The second-order valence-electron chi connectivity index (χ2n) is 24.0. The lowest BCUT2D eigenvalue weighted by molar-refractivity contribution is -0.375. The zero-order chi connectivity index (χ0) is 52.8. The number of ether oxygens (including phenoxy) is 9. The largest absolute Gasteiger partial charge is 0.492 e. The molecule has 0 aromatic heterocycles. The highest BCUT2D eigenvalue weighted by Crippen LogP contribution is 2.71. The Kier molecular flexibility index (Phi) is 16.8. The molecule has 0 spiro atoms. The Hall–Kier alpha value is -1.30. The van der Waals surface area contributed by atoms with Crippen molar-refractivity contribution in [3.8, 4) is 0 Å². The maximum atomic E-state index is 12.4. The van der Waals surface area contributed by atoms with Gasteiger partial charge in [-0.25, -0.2) is 0 Å². The zero-order valence-electron chi connectivity index (χ0n) is 42.7. The lowest BCUT2D eigenvalue weighted by Gasteiger charge is -2.61. The van der Waals surface area contributed by atoms with E-state index in [0.717, 1.165) is 38.5 Å². The number of fused-ring (bicyclic) bond motifs is 7. The molecule has 13 N–H and O–H groups in total. The maximum absolute atomic E-state index is 12.4. The van der Waals surface area contributed by atoms with Crippen molar-refractivity contribution < 1.29 is 109 Å². The van der Waals surface area contributed by atoms with E-state index in [1.807, 2.05) is 19.9 Å². The SMILES string of the molecule is C[C@@H](C/C=C1\O[C@H]2C[C@H]3[C@@H]4CC[C@H]5C[C@@H](O[C@@H]6O[C@H](CO[C@@H]7O[C@@H](C)[C@H](O)[C@@H](O)[C@H]7O)[C@@H](O)[C@H](O)[C@H]6O[C@@H]6O[C@@H](C)[C@H](O)[C@@H](O)[C@H]6O)CC[C@]5(C)[C@H]4CC[C@]3(C)[C@H]2[C@]1(C)O)CO[C@@H]1O[C@H](CO)[C@@H](O)[C@H](O)[C@H]1O. The Labute approximate surface area is 426 Å². The van der Waals surface area contributed by atoms with E-state index in [4.69, 9.17) is 42.6 Å². The molecule has 9 aliphatic rings. The number of allylic oxidation sites excluding steroid dienone is 1. The van der Waals surface area contributed by atoms with Gasteiger partial charge in [-0.05, 0) is 125 Å². The van der Waals surface area contributed by atoms with Crippen LogP contribution in [0, 0.1) is 46.3 Å². The molecule has 73 heavy (non-hydrogen) atoms. The number of hydrogen-bond donors (Lipinski definition) is 13. The van der Waals surface area contributed by atoms with Crippen molar-refractivity contribution in [2.24, 2.45) is 46.3 Å². The molecule has 5 heterocycles. The van der Waals surface area contributed by atoms with E-state index in [-0.39, 0.29) is 47.4 Å². The van der Waals surface area contributed by atoms with E-state index in [1.54, 1.807) is 0 Å². The van der Waals surface area contributed by atoms with Gasteiger partial charge in [0, 0.05) is 5.92 Å². The minimum Gasteiger partial charge on any atom is -0.492 e. The van der Waals surface area contributed by atoms with Crippen molar-refractivity contribution in [1.82, 2.24) is 0 Å². The second-order valence-corrected chi connectivity index (χ2v) is 24.0. The topological polar surface area (TPSA) is 346 Å². The molecule has 0 unspecified atom stereocenters. The van der Waals surface area contributed by atoms with E-state index in [0.29, 0.717) is 42.8 Å². The van der Waals surface area contributed by atoms with Gasteiger partial charge in [-0.2, -0.15) is 0 Å². The summed E-state index contributed by atoms with van der Waals surface area (Å²) in [5, 5.41) is 139. The molecular weight excluding hydrogens is 965 g/mol. The van der Waals surface area contributed by atoms with Crippen molar-refractivity contribution in [2.75, 3.05) is 19.8 Å². The van der Waals surface area contributed by atoms with Gasteiger partial charge < -0.3 is 109 Å². The number of aliphatic hydroxyl groups excluding tert-OH is 12. The predicted molar refractivity (Wildman–Crippen MR) is 249 cm³/mol. The molecule has 5 saturated heterocycles. The lowest BCUT2D eigenvalue weighted by Crippen LogP contribution is -2.65. The third kappa shape index (κ3) is 10.2. The highest BCUT2D eigenvalue weighted by atomic mass is 16.8. The van der Waals surface area contributed by atoms with Crippen molar-refractivity contribution in [3.63, 3.8) is 0 Å². The third-order valence-electron chi connectivity index (χ3n) is 19.4. The van der Waals surface area contributed by atoms with Crippen LogP contribution >= 0.6 is 0 Å². The van der Waals surface area contributed by atoms with E-state index >= 15 is 0 Å². The van der Waals surface area contributed by atoms with Gasteiger partial charge in [0.15, 0.2) is 25.2 Å². The first-order valence-electron chi connectivity index (χ1n) is 26.8. The van der Waals surface area contributed by atoms with Gasteiger partial charge in [0.1, 0.15) is 103 Å². The maximum Gasteiger partial charge on any atom is 0.187 e. The van der Waals surface area contributed by atoms with Crippen molar-refractivity contribution in [3.05, 3.63) is 11.8 Å². The summed E-state index contributed by atoms with van der Waals surface area (Å²) >= 11 is 0. The lowest BCUT2D eigenvalue weighted by atomic mass is 9.44. The number of hydrogen-bond acceptors (Lipinski definition) is 22. The highest BCUT2D eigenvalue weighted by molar-refractivity contribution is 5.26. The fraction of sp³-hybridized carbons (Fsp3) is 0.961. The van der Waals surface area contributed by atoms with Crippen molar-refractivity contribution >= 4 is 0 Å². The first-order chi connectivity index (χ1) is 34.4. The van der Waals surface area contributed by atoms with Gasteiger partial charge >= 0.3 is 0 Å². The normalized spacial score (nSPS) is 56.0. The second kappa shape index (κ2) is 21.7. The monoisotopic (exact) mass is 1050 g/mol. The summed E-state index contributed by atoms with van der Waals surface area (Å²) < 4.78 is 54.2. The summed E-state index contributed by atoms with van der Waals surface area (Å²) in [7, 11) is 0. The van der Waals surface area contributed by atoms with Crippen molar-refractivity contribution in [2.45, 2.75) is 240 Å². The number of aliphatic hydroxyl groups is 13. The van der Waals surface area contributed by atoms with Gasteiger partial charge in [-0.3, -0.25) is 0 Å². The van der Waals surface area contributed by atoms with E-state index < -0.39 is 142 Å².